The minimum Gasteiger partial charge on any atom is -0.508 e. The van der Waals surface area contributed by atoms with Crippen LogP contribution in [0, 0.1) is 11.6 Å². The first-order valence-corrected chi connectivity index (χ1v) is 6.00. The minimum atomic E-state index is -0.531. The molecule has 17 heavy (non-hydrogen) atoms. The summed E-state index contributed by atoms with van der Waals surface area (Å²) in [6.07, 6.45) is 0. The van der Waals surface area contributed by atoms with Gasteiger partial charge in [0.2, 0.25) is 0 Å². The Kier molecular flexibility index (Phi) is 3.64. The molecule has 0 radical (unpaired) electrons. The molecule has 0 aliphatic rings. The number of halogens is 2. The van der Waals surface area contributed by atoms with E-state index < -0.39 is 11.6 Å². The van der Waals surface area contributed by atoms with Crippen LogP contribution in [0.2, 0.25) is 0 Å². The third-order valence-corrected chi connectivity index (χ3v) is 3.32. The molecular formula is C13H10F2OS. The molecule has 0 amide bonds. The Bertz CT molecular complexity index is 491. The zero-order valence-electron chi connectivity index (χ0n) is 8.86. The van der Waals surface area contributed by atoms with Gasteiger partial charge in [-0.25, -0.2) is 8.78 Å². The lowest BCUT2D eigenvalue weighted by atomic mass is 10.2. The Morgan fingerprint density at radius 2 is 1.53 bits per heavy atom. The van der Waals surface area contributed by atoms with Crippen molar-refractivity contribution in [2.75, 3.05) is 0 Å². The summed E-state index contributed by atoms with van der Waals surface area (Å²) in [5.41, 5.74) is 0.0746. The summed E-state index contributed by atoms with van der Waals surface area (Å²) < 4.78 is 26.6. The largest absolute Gasteiger partial charge is 0.508 e. The van der Waals surface area contributed by atoms with Crippen molar-refractivity contribution in [2.24, 2.45) is 0 Å². The van der Waals surface area contributed by atoms with E-state index in [0.717, 1.165) is 4.90 Å². The van der Waals surface area contributed by atoms with E-state index in [1.54, 1.807) is 24.3 Å². The van der Waals surface area contributed by atoms with Gasteiger partial charge in [0.25, 0.3) is 0 Å². The summed E-state index contributed by atoms with van der Waals surface area (Å²) in [6.45, 7) is 0. The lowest BCUT2D eigenvalue weighted by molar-refractivity contribution is 0.475. The van der Waals surface area contributed by atoms with Crippen LogP contribution in [0.3, 0.4) is 0 Å². The van der Waals surface area contributed by atoms with Crippen molar-refractivity contribution in [2.45, 2.75) is 10.6 Å². The van der Waals surface area contributed by atoms with Gasteiger partial charge in [-0.05, 0) is 36.4 Å². The van der Waals surface area contributed by atoms with Gasteiger partial charge in [0.05, 0.1) is 0 Å². The van der Waals surface area contributed by atoms with E-state index in [1.165, 1.54) is 30.0 Å². The van der Waals surface area contributed by atoms with Gasteiger partial charge in [-0.15, -0.1) is 11.8 Å². The number of rotatable bonds is 3. The van der Waals surface area contributed by atoms with Gasteiger partial charge in [-0.2, -0.15) is 0 Å². The molecule has 0 aliphatic carbocycles. The highest BCUT2D eigenvalue weighted by Crippen LogP contribution is 2.26. The maximum Gasteiger partial charge on any atom is 0.130 e. The molecule has 0 saturated heterocycles. The molecule has 2 rings (SSSR count). The summed E-state index contributed by atoms with van der Waals surface area (Å²) >= 11 is 1.32. The second-order valence-electron chi connectivity index (χ2n) is 3.48. The summed E-state index contributed by atoms with van der Waals surface area (Å²) in [5, 5.41) is 9.10. The van der Waals surface area contributed by atoms with E-state index in [-0.39, 0.29) is 17.1 Å². The fourth-order valence-electron chi connectivity index (χ4n) is 1.37. The number of benzene rings is 2. The van der Waals surface area contributed by atoms with Crippen LogP contribution >= 0.6 is 11.8 Å². The van der Waals surface area contributed by atoms with Crippen LogP contribution in [0.1, 0.15) is 5.56 Å². The molecule has 0 heterocycles. The second-order valence-corrected chi connectivity index (χ2v) is 4.53. The molecule has 1 N–H and O–H groups in total. The number of phenolic OH excluding ortho intramolecular Hbond substituents is 1. The van der Waals surface area contributed by atoms with Crippen LogP contribution in [-0.4, -0.2) is 5.11 Å². The van der Waals surface area contributed by atoms with E-state index in [4.69, 9.17) is 5.11 Å². The Morgan fingerprint density at radius 3 is 2.12 bits per heavy atom. The van der Waals surface area contributed by atoms with E-state index in [1.807, 2.05) is 0 Å². The molecule has 2 aromatic rings. The zero-order chi connectivity index (χ0) is 12.3. The molecule has 0 saturated carbocycles. The van der Waals surface area contributed by atoms with Crippen molar-refractivity contribution in [3.63, 3.8) is 0 Å². The molecule has 0 spiro atoms. The van der Waals surface area contributed by atoms with Crippen LogP contribution in [-0.2, 0) is 5.75 Å². The Hall–Kier alpha value is -1.55. The molecule has 0 fully saturated rings. The van der Waals surface area contributed by atoms with Gasteiger partial charge in [-0.3, -0.25) is 0 Å². The molecular weight excluding hydrogens is 242 g/mol. The quantitative estimate of drug-likeness (QED) is 0.834. The maximum absolute atomic E-state index is 13.3. The lowest BCUT2D eigenvalue weighted by Crippen LogP contribution is -1.92. The molecule has 2 aromatic carbocycles. The van der Waals surface area contributed by atoms with E-state index in [9.17, 15) is 8.78 Å². The predicted octanol–water partition coefficient (Wildman–Crippen LogP) is 3.96. The third kappa shape index (κ3) is 2.97. The van der Waals surface area contributed by atoms with E-state index in [2.05, 4.69) is 0 Å². The molecule has 0 atom stereocenters. The molecule has 0 aromatic heterocycles. The third-order valence-electron chi connectivity index (χ3n) is 2.28. The minimum absolute atomic E-state index is 0.0746. The molecule has 0 aliphatic heterocycles. The molecule has 0 bridgehead atoms. The highest BCUT2D eigenvalue weighted by molar-refractivity contribution is 7.98. The second kappa shape index (κ2) is 5.19. The van der Waals surface area contributed by atoms with Crippen molar-refractivity contribution in [1.82, 2.24) is 0 Å². The highest BCUT2D eigenvalue weighted by atomic mass is 32.2. The Labute approximate surface area is 102 Å². The summed E-state index contributed by atoms with van der Waals surface area (Å²) in [6, 6.07) is 10.3. The smallest absolute Gasteiger partial charge is 0.130 e. The van der Waals surface area contributed by atoms with Crippen LogP contribution in [0.25, 0.3) is 0 Å². The average Bonchev–Trinajstić information content (AvgIpc) is 2.31. The first-order chi connectivity index (χ1) is 8.16. The summed E-state index contributed by atoms with van der Waals surface area (Å²) in [5.74, 6) is -0.664. The highest BCUT2D eigenvalue weighted by Gasteiger charge is 2.08. The van der Waals surface area contributed by atoms with Crippen molar-refractivity contribution in [3.05, 3.63) is 59.7 Å². The van der Waals surface area contributed by atoms with Crippen molar-refractivity contribution in [1.29, 1.82) is 0 Å². The standard InChI is InChI=1S/C13H10F2OS/c14-12-2-1-3-13(15)11(12)8-17-10-6-4-9(16)5-7-10/h1-7,16H,8H2. The average molecular weight is 252 g/mol. The number of hydrogen-bond donors (Lipinski definition) is 1. The summed E-state index contributed by atoms with van der Waals surface area (Å²) in [4.78, 5) is 0.852. The van der Waals surface area contributed by atoms with E-state index >= 15 is 0 Å². The lowest BCUT2D eigenvalue weighted by Gasteiger charge is -2.04. The normalized spacial score (nSPS) is 10.5. The zero-order valence-corrected chi connectivity index (χ0v) is 9.68. The Morgan fingerprint density at radius 1 is 0.941 bits per heavy atom. The van der Waals surface area contributed by atoms with Crippen LogP contribution in [0.15, 0.2) is 47.4 Å². The van der Waals surface area contributed by atoms with Crippen molar-refractivity contribution in [3.8, 4) is 5.75 Å². The van der Waals surface area contributed by atoms with Crippen LogP contribution in [0.4, 0.5) is 8.78 Å². The number of phenols is 1. The van der Waals surface area contributed by atoms with Gasteiger partial charge >= 0.3 is 0 Å². The van der Waals surface area contributed by atoms with Crippen LogP contribution in [0.5, 0.6) is 5.75 Å². The molecule has 4 heteroatoms. The first-order valence-electron chi connectivity index (χ1n) is 5.01. The van der Waals surface area contributed by atoms with Crippen LogP contribution < -0.4 is 0 Å². The van der Waals surface area contributed by atoms with Crippen molar-refractivity contribution >= 4 is 11.8 Å². The molecule has 0 unspecified atom stereocenters. The fraction of sp³-hybridized carbons (Fsp3) is 0.0769. The van der Waals surface area contributed by atoms with Gasteiger partial charge < -0.3 is 5.11 Å². The van der Waals surface area contributed by atoms with E-state index in [0.29, 0.717) is 0 Å². The molecule has 1 nitrogen and oxygen atoms in total. The van der Waals surface area contributed by atoms with Gasteiger partial charge in [0.1, 0.15) is 17.4 Å². The SMILES string of the molecule is Oc1ccc(SCc2c(F)cccc2F)cc1. The van der Waals surface area contributed by atoms with Crippen molar-refractivity contribution < 1.29 is 13.9 Å². The summed E-state index contributed by atoms with van der Waals surface area (Å²) in [7, 11) is 0. The van der Waals surface area contributed by atoms with Gasteiger partial charge in [0, 0.05) is 16.2 Å². The monoisotopic (exact) mass is 252 g/mol. The molecule has 88 valence electrons. The maximum atomic E-state index is 13.3. The first kappa shape index (κ1) is 11.9. The topological polar surface area (TPSA) is 20.2 Å². The van der Waals surface area contributed by atoms with Gasteiger partial charge in [0.15, 0.2) is 0 Å². The van der Waals surface area contributed by atoms with Gasteiger partial charge in [-0.1, -0.05) is 6.07 Å². The Balaban J connectivity index is 2.10. The number of hydrogen-bond acceptors (Lipinski definition) is 2. The predicted molar refractivity (Wildman–Crippen MR) is 64.0 cm³/mol. The fourth-order valence-corrected chi connectivity index (χ4v) is 2.28. The number of thioether (sulfide) groups is 1. The number of aromatic hydroxyl groups is 1.